The molecule has 3 heterocycles. The van der Waals surface area contributed by atoms with Crippen molar-refractivity contribution in [1.82, 2.24) is 20.4 Å². The van der Waals surface area contributed by atoms with Gasteiger partial charge in [0.05, 0.1) is 6.04 Å². The standard InChI is InChI=1S/C22H30ClN5O3/c23-15-5-4-6-16(11-15)25-22(31)26-17-12-19-21(30)24-13-18(28(19)14-17)7-8-20(29)27-9-2-1-3-10-27/h4-6,11,17-19H,1-3,7-10,12-14H2,(H,24,30)(H2,25,26,31). The Bertz CT molecular complexity index is 829. The number of hydrogen-bond acceptors (Lipinski definition) is 4. The van der Waals surface area contributed by atoms with Crippen LogP contribution in [-0.4, -0.2) is 71.9 Å². The first kappa shape index (κ1) is 21.9. The Balaban J connectivity index is 1.30. The van der Waals surface area contributed by atoms with Gasteiger partial charge >= 0.3 is 6.03 Å². The summed E-state index contributed by atoms with van der Waals surface area (Å²) in [5.74, 6) is 0.209. The fraction of sp³-hybridized carbons (Fsp3) is 0.591. The van der Waals surface area contributed by atoms with Gasteiger partial charge in [0.15, 0.2) is 0 Å². The number of hydrogen-bond donors (Lipinski definition) is 3. The molecule has 31 heavy (non-hydrogen) atoms. The van der Waals surface area contributed by atoms with Crippen LogP contribution in [0.2, 0.25) is 5.02 Å². The maximum atomic E-state index is 12.5. The van der Waals surface area contributed by atoms with Crippen LogP contribution in [0, 0.1) is 0 Å². The van der Waals surface area contributed by atoms with E-state index in [1.165, 1.54) is 6.42 Å². The minimum Gasteiger partial charge on any atom is -0.353 e. The number of anilines is 1. The number of benzene rings is 1. The van der Waals surface area contributed by atoms with E-state index in [4.69, 9.17) is 11.6 Å². The van der Waals surface area contributed by atoms with Gasteiger partial charge in [-0.05, 0) is 50.3 Å². The number of rotatable bonds is 5. The summed E-state index contributed by atoms with van der Waals surface area (Å²) >= 11 is 5.97. The Morgan fingerprint density at radius 1 is 1.19 bits per heavy atom. The summed E-state index contributed by atoms with van der Waals surface area (Å²) in [6.07, 6.45) is 5.15. The topological polar surface area (TPSA) is 93.8 Å². The predicted octanol–water partition coefficient (Wildman–Crippen LogP) is 2.20. The minimum atomic E-state index is -0.315. The van der Waals surface area contributed by atoms with Crippen molar-refractivity contribution in [1.29, 1.82) is 0 Å². The van der Waals surface area contributed by atoms with E-state index in [2.05, 4.69) is 20.9 Å². The molecule has 1 aromatic rings. The second-order valence-corrected chi connectivity index (χ2v) is 9.07. The number of amides is 4. The number of urea groups is 1. The van der Waals surface area contributed by atoms with Crippen molar-refractivity contribution in [3.63, 3.8) is 0 Å². The highest BCUT2D eigenvalue weighted by Crippen LogP contribution is 2.26. The number of carbonyl (C=O) groups excluding carboxylic acids is 3. The average Bonchev–Trinajstić information content (AvgIpc) is 3.18. The third-order valence-electron chi connectivity index (χ3n) is 6.44. The predicted molar refractivity (Wildman–Crippen MR) is 119 cm³/mol. The number of piperidine rings is 1. The lowest BCUT2D eigenvalue weighted by Gasteiger charge is -2.37. The van der Waals surface area contributed by atoms with E-state index in [0.29, 0.717) is 43.1 Å². The Morgan fingerprint density at radius 2 is 2.00 bits per heavy atom. The molecular weight excluding hydrogens is 418 g/mol. The molecule has 168 valence electrons. The first-order chi connectivity index (χ1) is 15.0. The number of nitrogens with zero attached hydrogens (tertiary/aromatic N) is 2. The van der Waals surface area contributed by atoms with Crippen molar-refractivity contribution in [3.05, 3.63) is 29.3 Å². The van der Waals surface area contributed by atoms with Gasteiger partial charge in [0, 0.05) is 55.4 Å². The Kier molecular flexibility index (Phi) is 6.97. The molecule has 8 nitrogen and oxygen atoms in total. The molecule has 0 aliphatic carbocycles. The van der Waals surface area contributed by atoms with E-state index < -0.39 is 0 Å². The van der Waals surface area contributed by atoms with E-state index in [1.807, 2.05) is 4.90 Å². The Hall–Kier alpha value is -2.32. The van der Waals surface area contributed by atoms with Crippen LogP contribution in [0.25, 0.3) is 0 Å². The van der Waals surface area contributed by atoms with E-state index >= 15 is 0 Å². The largest absolute Gasteiger partial charge is 0.353 e. The molecule has 1 aromatic carbocycles. The summed E-state index contributed by atoms with van der Waals surface area (Å²) in [5, 5.41) is 9.29. The van der Waals surface area contributed by atoms with Crippen molar-refractivity contribution in [2.75, 3.05) is 31.5 Å². The number of carbonyl (C=O) groups is 3. The fourth-order valence-corrected chi connectivity index (χ4v) is 5.05. The molecular formula is C22H30ClN5O3. The summed E-state index contributed by atoms with van der Waals surface area (Å²) in [6.45, 7) is 2.87. The first-order valence-electron chi connectivity index (χ1n) is 11.1. The van der Waals surface area contributed by atoms with E-state index in [-0.39, 0.29) is 36.0 Å². The van der Waals surface area contributed by atoms with Crippen LogP contribution in [0.1, 0.15) is 38.5 Å². The van der Waals surface area contributed by atoms with Crippen molar-refractivity contribution >= 4 is 35.1 Å². The maximum absolute atomic E-state index is 12.5. The van der Waals surface area contributed by atoms with Gasteiger partial charge < -0.3 is 20.9 Å². The normalized spacial score (nSPS) is 26.2. The number of fused-ring (bicyclic) bond motifs is 1. The first-order valence-corrected chi connectivity index (χ1v) is 11.5. The molecule has 3 aliphatic heterocycles. The molecule has 0 bridgehead atoms. The summed E-state index contributed by atoms with van der Waals surface area (Å²) in [7, 11) is 0. The van der Waals surface area contributed by atoms with Crippen LogP contribution in [-0.2, 0) is 9.59 Å². The number of likely N-dealkylation sites (tertiary alicyclic amines) is 1. The third kappa shape index (κ3) is 5.49. The summed E-state index contributed by atoms with van der Waals surface area (Å²) in [6, 6.07) is 6.37. The van der Waals surface area contributed by atoms with Crippen LogP contribution < -0.4 is 16.0 Å². The summed E-state index contributed by atoms with van der Waals surface area (Å²) < 4.78 is 0. The van der Waals surface area contributed by atoms with Crippen molar-refractivity contribution < 1.29 is 14.4 Å². The molecule has 3 unspecified atom stereocenters. The zero-order chi connectivity index (χ0) is 21.8. The molecule has 4 amide bonds. The van der Waals surface area contributed by atoms with Gasteiger partial charge in [-0.1, -0.05) is 17.7 Å². The molecule has 0 saturated carbocycles. The summed E-state index contributed by atoms with van der Waals surface area (Å²) in [4.78, 5) is 41.5. The molecule has 3 fully saturated rings. The smallest absolute Gasteiger partial charge is 0.319 e. The molecule has 4 rings (SSSR count). The molecule has 0 radical (unpaired) electrons. The van der Waals surface area contributed by atoms with Crippen molar-refractivity contribution in [2.24, 2.45) is 0 Å². The second-order valence-electron chi connectivity index (χ2n) is 8.63. The average molecular weight is 448 g/mol. The maximum Gasteiger partial charge on any atom is 0.319 e. The minimum absolute atomic E-state index is 0.00171. The lowest BCUT2D eigenvalue weighted by molar-refractivity contribution is -0.133. The van der Waals surface area contributed by atoms with Gasteiger partial charge in [-0.15, -0.1) is 0 Å². The van der Waals surface area contributed by atoms with E-state index in [1.54, 1.807) is 24.3 Å². The van der Waals surface area contributed by atoms with Gasteiger partial charge in [-0.25, -0.2) is 4.79 Å². The van der Waals surface area contributed by atoms with Crippen LogP contribution in [0.4, 0.5) is 10.5 Å². The van der Waals surface area contributed by atoms with Crippen molar-refractivity contribution in [2.45, 2.75) is 56.7 Å². The van der Waals surface area contributed by atoms with E-state index in [9.17, 15) is 14.4 Å². The molecule has 0 aromatic heterocycles. The fourth-order valence-electron chi connectivity index (χ4n) is 4.86. The molecule has 3 saturated heterocycles. The van der Waals surface area contributed by atoms with Gasteiger partial charge in [0.1, 0.15) is 0 Å². The van der Waals surface area contributed by atoms with Crippen LogP contribution in [0.15, 0.2) is 24.3 Å². The van der Waals surface area contributed by atoms with E-state index in [0.717, 1.165) is 25.9 Å². The lowest BCUT2D eigenvalue weighted by Crippen LogP contribution is -2.58. The molecule has 3 aliphatic rings. The van der Waals surface area contributed by atoms with Crippen LogP contribution >= 0.6 is 11.6 Å². The van der Waals surface area contributed by atoms with Crippen molar-refractivity contribution in [3.8, 4) is 0 Å². The van der Waals surface area contributed by atoms with Gasteiger partial charge in [0.2, 0.25) is 11.8 Å². The highest BCUT2D eigenvalue weighted by Gasteiger charge is 2.43. The monoisotopic (exact) mass is 447 g/mol. The van der Waals surface area contributed by atoms with Crippen LogP contribution in [0.5, 0.6) is 0 Å². The lowest BCUT2D eigenvalue weighted by atomic mass is 10.0. The zero-order valence-corrected chi connectivity index (χ0v) is 18.4. The summed E-state index contributed by atoms with van der Waals surface area (Å²) in [5.41, 5.74) is 0.618. The molecule has 0 spiro atoms. The Morgan fingerprint density at radius 3 is 2.77 bits per heavy atom. The number of nitrogens with one attached hydrogen (secondary N) is 3. The molecule has 3 atom stereocenters. The highest BCUT2D eigenvalue weighted by molar-refractivity contribution is 6.30. The van der Waals surface area contributed by atoms with Gasteiger partial charge in [-0.3, -0.25) is 14.5 Å². The highest BCUT2D eigenvalue weighted by atomic mass is 35.5. The zero-order valence-electron chi connectivity index (χ0n) is 17.6. The Labute approximate surface area is 187 Å². The second kappa shape index (κ2) is 9.87. The number of piperazine rings is 1. The SMILES string of the molecule is O=C(Nc1cccc(Cl)c1)NC1CC2C(=O)NCC(CCC(=O)N3CCCCC3)N2C1. The molecule has 9 heteroatoms. The quantitative estimate of drug-likeness (QED) is 0.645. The van der Waals surface area contributed by atoms with Gasteiger partial charge in [0.25, 0.3) is 0 Å². The third-order valence-corrected chi connectivity index (χ3v) is 6.68. The molecule has 3 N–H and O–H groups in total. The number of halogens is 1. The van der Waals surface area contributed by atoms with Gasteiger partial charge in [-0.2, -0.15) is 0 Å². The van der Waals surface area contributed by atoms with Crippen LogP contribution in [0.3, 0.4) is 0 Å².